The van der Waals surface area contributed by atoms with Crippen LogP contribution in [0.3, 0.4) is 0 Å². The second kappa shape index (κ2) is 9.03. The number of benzene rings is 5. The van der Waals surface area contributed by atoms with E-state index in [4.69, 9.17) is 18.7 Å². The van der Waals surface area contributed by atoms with E-state index in [9.17, 15) is 0 Å². The maximum atomic E-state index is 6.51. The molecule has 7 aromatic rings. The van der Waals surface area contributed by atoms with Crippen LogP contribution in [0.5, 0.6) is 0 Å². The van der Waals surface area contributed by atoms with Gasteiger partial charge in [-0.25, -0.2) is 4.98 Å². The molecule has 0 amide bonds. The van der Waals surface area contributed by atoms with E-state index in [0.29, 0.717) is 0 Å². The molecule has 0 spiro atoms. The molecule has 4 nitrogen and oxygen atoms in total. The van der Waals surface area contributed by atoms with Crippen molar-refractivity contribution in [1.29, 1.82) is 0 Å². The van der Waals surface area contributed by atoms with Crippen molar-refractivity contribution in [3.05, 3.63) is 109 Å². The number of aromatic nitrogens is 1. The Morgan fingerprint density at radius 1 is 0.571 bits per heavy atom. The Morgan fingerprint density at radius 2 is 1.21 bits per heavy atom. The molecule has 1 aliphatic heterocycles. The summed E-state index contributed by atoms with van der Waals surface area (Å²) in [6.07, 6.45) is 0. The number of para-hydroxylation sites is 2. The summed E-state index contributed by atoms with van der Waals surface area (Å²) < 4.78 is 19.2. The summed E-state index contributed by atoms with van der Waals surface area (Å²) in [7, 11) is -0.416. The molecule has 0 unspecified atom stereocenters. The van der Waals surface area contributed by atoms with E-state index >= 15 is 0 Å². The number of furan rings is 1. The number of hydrogen-bond donors (Lipinski definition) is 0. The summed E-state index contributed by atoms with van der Waals surface area (Å²) in [4.78, 5) is 5.19. The molecule has 0 radical (unpaired) electrons. The molecule has 0 bridgehead atoms. The zero-order valence-corrected chi connectivity index (χ0v) is 24.1. The van der Waals surface area contributed by atoms with Gasteiger partial charge in [0.15, 0.2) is 0 Å². The summed E-state index contributed by atoms with van der Waals surface area (Å²) in [6.45, 7) is 8.34. The number of pyridine rings is 1. The normalized spacial score (nSPS) is 16.2. The lowest BCUT2D eigenvalue weighted by Crippen LogP contribution is -2.41. The van der Waals surface area contributed by atoms with Gasteiger partial charge < -0.3 is 13.7 Å². The van der Waals surface area contributed by atoms with Gasteiger partial charge in [-0.15, -0.1) is 0 Å². The highest BCUT2D eigenvalue weighted by Gasteiger charge is 2.51. The first kappa shape index (κ1) is 25.3. The smallest absolute Gasteiger partial charge is 0.456 e. The molecule has 3 heterocycles. The van der Waals surface area contributed by atoms with Gasteiger partial charge in [-0.3, -0.25) is 0 Å². The number of nitrogens with zero attached hydrogens (tertiary/aromatic N) is 1. The van der Waals surface area contributed by atoms with Crippen LogP contribution >= 0.6 is 0 Å². The fourth-order valence-electron chi connectivity index (χ4n) is 6.21. The number of hydrogen-bond acceptors (Lipinski definition) is 4. The third-order valence-electron chi connectivity index (χ3n) is 9.10. The Bertz CT molecular complexity index is 2130. The van der Waals surface area contributed by atoms with Gasteiger partial charge >= 0.3 is 7.12 Å². The van der Waals surface area contributed by atoms with Crippen LogP contribution in [-0.2, 0) is 9.31 Å². The molecule has 1 aliphatic rings. The van der Waals surface area contributed by atoms with Gasteiger partial charge in [0.2, 0.25) is 0 Å². The van der Waals surface area contributed by atoms with Crippen LogP contribution in [0, 0.1) is 0 Å². The SMILES string of the molecule is CC1(C)OB(c2ccc(-c3c4c(cc5c(-c6ccccc6)nc6ccccc6c35)oc3ccccc34)cc2)OC1(C)C. The molecule has 5 heteroatoms. The Kier molecular flexibility index (Phi) is 5.43. The van der Waals surface area contributed by atoms with Crippen LogP contribution in [0.15, 0.2) is 114 Å². The van der Waals surface area contributed by atoms with Crippen molar-refractivity contribution in [3.63, 3.8) is 0 Å². The zero-order valence-electron chi connectivity index (χ0n) is 24.1. The zero-order chi connectivity index (χ0) is 28.6. The van der Waals surface area contributed by atoms with Crippen LogP contribution in [0.4, 0.5) is 0 Å². The second-order valence-corrected chi connectivity index (χ2v) is 12.2. The first-order valence-corrected chi connectivity index (χ1v) is 14.5. The monoisotopic (exact) mass is 547 g/mol. The van der Waals surface area contributed by atoms with Gasteiger partial charge in [0, 0.05) is 38.1 Å². The molecule has 8 rings (SSSR count). The van der Waals surface area contributed by atoms with Gasteiger partial charge in [0.05, 0.1) is 22.4 Å². The molecule has 1 fully saturated rings. The molecule has 2 aromatic heterocycles. The molecule has 0 atom stereocenters. The van der Waals surface area contributed by atoms with E-state index in [1.165, 1.54) is 5.39 Å². The topological polar surface area (TPSA) is 44.5 Å². The Hall–Kier alpha value is -4.45. The van der Waals surface area contributed by atoms with Crippen molar-refractivity contribution in [2.45, 2.75) is 38.9 Å². The minimum absolute atomic E-state index is 0.395. The van der Waals surface area contributed by atoms with Crippen LogP contribution in [0.25, 0.3) is 66.0 Å². The molecule has 1 saturated heterocycles. The van der Waals surface area contributed by atoms with Gasteiger partial charge in [0.1, 0.15) is 11.2 Å². The lowest BCUT2D eigenvalue weighted by Gasteiger charge is -2.32. The summed E-state index contributed by atoms with van der Waals surface area (Å²) >= 11 is 0. The fourth-order valence-corrected chi connectivity index (χ4v) is 6.21. The van der Waals surface area contributed by atoms with E-state index in [-0.39, 0.29) is 0 Å². The van der Waals surface area contributed by atoms with Crippen molar-refractivity contribution in [3.8, 4) is 22.4 Å². The van der Waals surface area contributed by atoms with Crippen LogP contribution in [-0.4, -0.2) is 23.3 Å². The van der Waals surface area contributed by atoms with E-state index in [2.05, 4.69) is 119 Å². The van der Waals surface area contributed by atoms with Gasteiger partial charge in [-0.1, -0.05) is 91.0 Å². The Balaban J connectivity index is 1.45. The average molecular weight is 547 g/mol. The molecule has 204 valence electrons. The van der Waals surface area contributed by atoms with Crippen molar-refractivity contribution in [2.75, 3.05) is 0 Å². The predicted molar refractivity (Wildman–Crippen MR) is 173 cm³/mol. The van der Waals surface area contributed by atoms with Crippen LogP contribution in [0.2, 0.25) is 0 Å². The van der Waals surface area contributed by atoms with E-state index in [0.717, 1.165) is 66.1 Å². The third kappa shape index (κ3) is 3.74. The molecule has 0 aliphatic carbocycles. The minimum Gasteiger partial charge on any atom is -0.456 e. The maximum Gasteiger partial charge on any atom is 0.494 e. The largest absolute Gasteiger partial charge is 0.494 e. The van der Waals surface area contributed by atoms with Crippen LogP contribution in [0.1, 0.15) is 27.7 Å². The lowest BCUT2D eigenvalue weighted by molar-refractivity contribution is 0.00578. The summed E-state index contributed by atoms with van der Waals surface area (Å²) in [5.41, 5.74) is 7.17. The highest BCUT2D eigenvalue weighted by atomic mass is 16.7. The first-order chi connectivity index (χ1) is 20.3. The summed E-state index contributed by atoms with van der Waals surface area (Å²) in [6, 6.07) is 37.9. The minimum atomic E-state index is -0.416. The molecular weight excluding hydrogens is 517 g/mol. The van der Waals surface area contributed by atoms with Crippen molar-refractivity contribution in [1.82, 2.24) is 4.98 Å². The highest BCUT2D eigenvalue weighted by Crippen LogP contribution is 2.46. The quantitative estimate of drug-likeness (QED) is 0.164. The predicted octanol–water partition coefficient (Wildman–Crippen LogP) is 8.92. The molecule has 0 saturated carbocycles. The van der Waals surface area contributed by atoms with Crippen molar-refractivity contribution >= 4 is 56.2 Å². The Morgan fingerprint density at radius 3 is 1.95 bits per heavy atom. The van der Waals surface area contributed by atoms with Crippen molar-refractivity contribution in [2.24, 2.45) is 0 Å². The molecule has 5 aromatic carbocycles. The second-order valence-electron chi connectivity index (χ2n) is 12.2. The average Bonchev–Trinajstić information content (AvgIpc) is 3.48. The number of fused-ring (bicyclic) bond motifs is 6. The molecule has 0 N–H and O–H groups in total. The lowest BCUT2D eigenvalue weighted by atomic mass is 9.78. The van der Waals surface area contributed by atoms with Crippen LogP contribution < -0.4 is 5.46 Å². The van der Waals surface area contributed by atoms with E-state index in [1.807, 2.05) is 18.2 Å². The summed E-state index contributed by atoms with van der Waals surface area (Å²) in [5, 5.41) is 5.56. The number of rotatable bonds is 3. The van der Waals surface area contributed by atoms with Gasteiger partial charge in [-0.2, -0.15) is 0 Å². The van der Waals surface area contributed by atoms with E-state index < -0.39 is 18.3 Å². The molecular formula is C37H30BNO3. The summed E-state index contributed by atoms with van der Waals surface area (Å²) in [5.74, 6) is 0. The molecule has 42 heavy (non-hydrogen) atoms. The standard InChI is InChI=1S/C37H30BNO3/c1-36(2)37(3,4)42-38(41-36)25-20-18-23(19-21-25)32-33-26-14-8-10-16-29(26)39-35(24-12-6-5-7-13-24)28(33)22-31-34(32)27-15-9-11-17-30(27)40-31/h5-22H,1-4H3. The maximum absolute atomic E-state index is 6.51. The van der Waals surface area contributed by atoms with Gasteiger partial charge in [0.25, 0.3) is 0 Å². The van der Waals surface area contributed by atoms with Crippen molar-refractivity contribution < 1.29 is 13.7 Å². The third-order valence-corrected chi connectivity index (χ3v) is 9.10. The highest BCUT2D eigenvalue weighted by molar-refractivity contribution is 6.62. The van der Waals surface area contributed by atoms with E-state index in [1.54, 1.807) is 0 Å². The first-order valence-electron chi connectivity index (χ1n) is 14.5. The van der Waals surface area contributed by atoms with Gasteiger partial charge in [-0.05, 0) is 56.9 Å². The Labute approximate surface area is 245 Å². The fraction of sp³-hybridized carbons (Fsp3) is 0.162.